The Hall–Kier alpha value is -1.47. The maximum absolute atomic E-state index is 12.9. The lowest BCUT2D eigenvalue weighted by Crippen LogP contribution is -2.24. The Bertz CT molecular complexity index is 602. The van der Waals surface area contributed by atoms with Crippen LogP contribution in [-0.2, 0) is 6.18 Å². The minimum Gasteiger partial charge on any atom is -0.305 e. The molecule has 0 spiro atoms. The Kier molecular flexibility index (Phi) is 4.95. The largest absolute Gasteiger partial charge is 0.416 e. The van der Waals surface area contributed by atoms with E-state index in [1.165, 1.54) is 18.5 Å². The smallest absolute Gasteiger partial charge is 0.305 e. The molecule has 1 unspecified atom stereocenters. The molecule has 2 rings (SSSR count). The molecule has 0 saturated carbocycles. The zero-order chi connectivity index (χ0) is 15.5. The predicted octanol–water partition coefficient (Wildman–Crippen LogP) is 3.96. The lowest BCUT2D eigenvalue weighted by molar-refractivity contribution is -0.137. The molecule has 2 aromatic rings. The second-order valence-electron chi connectivity index (χ2n) is 4.36. The van der Waals surface area contributed by atoms with Crippen molar-refractivity contribution in [3.8, 4) is 0 Å². The van der Waals surface area contributed by atoms with Crippen molar-refractivity contribution in [1.82, 2.24) is 15.3 Å². The van der Waals surface area contributed by atoms with Gasteiger partial charge in [0, 0.05) is 16.9 Å². The zero-order valence-electron chi connectivity index (χ0n) is 11.2. The van der Waals surface area contributed by atoms with Crippen molar-refractivity contribution in [3.63, 3.8) is 0 Å². The molecule has 0 saturated heterocycles. The third-order valence-electron chi connectivity index (χ3n) is 2.92. The number of rotatable bonds is 4. The monoisotopic (exact) mass is 359 g/mol. The molecule has 1 atom stereocenters. The molecule has 0 aliphatic carbocycles. The van der Waals surface area contributed by atoms with E-state index >= 15 is 0 Å². The summed E-state index contributed by atoms with van der Waals surface area (Å²) in [6.45, 7) is 2.47. The molecule has 0 aliphatic heterocycles. The quantitative estimate of drug-likeness (QED) is 0.897. The van der Waals surface area contributed by atoms with Gasteiger partial charge in [-0.15, -0.1) is 0 Å². The Morgan fingerprint density at radius 3 is 2.62 bits per heavy atom. The number of nitrogens with zero attached hydrogens (tertiary/aromatic N) is 2. The minimum atomic E-state index is -4.38. The first-order valence-electron chi connectivity index (χ1n) is 6.29. The SMILES string of the molecule is CCNC(c1cnccn1)c1cc(C(F)(F)F)ccc1Br. The molecule has 0 aliphatic rings. The van der Waals surface area contributed by atoms with Crippen LogP contribution in [-0.4, -0.2) is 16.5 Å². The van der Waals surface area contributed by atoms with Crippen LogP contribution >= 0.6 is 15.9 Å². The summed E-state index contributed by atoms with van der Waals surface area (Å²) < 4.78 is 39.3. The highest BCUT2D eigenvalue weighted by Crippen LogP contribution is 2.35. The maximum Gasteiger partial charge on any atom is 0.416 e. The van der Waals surface area contributed by atoms with E-state index in [0.717, 1.165) is 12.1 Å². The molecule has 0 fully saturated rings. The molecule has 1 N–H and O–H groups in total. The zero-order valence-corrected chi connectivity index (χ0v) is 12.7. The van der Waals surface area contributed by atoms with Crippen LogP contribution in [0.5, 0.6) is 0 Å². The highest BCUT2D eigenvalue weighted by atomic mass is 79.9. The molecule has 0 radical (unpaired) electrons. The third-order valence-corrected chi connectivity index (χ3v) is 3.64. The average molecular weight is 360 g/mol. The van der Waals surface area contributed by atoms with E-state index in [1.807, 2.05) is 6.92 Å². The van der Waals surface area contributed by atoms with Crippen molar-refractivity contribution in [2.45, 2.75) is 19.1 Å². The van der Waals surface area contributed by atoms with Gasteiger partial charge < -0.3 is 5.32 Å². The van der Waals surface area contributed by atoms with Crippen LogP contribution < -0.4 is 5.32 Å². The summed E-state index contributed by atoms with van der Waals surface area (Å²) in [5.74, 6) is 0. The topological polar surface area (TPSA) is 37.8 Å². The fraction of sp³-hybridized carbons (Fsp3) is 0.286. The summed E-state index contributed by atoms with van der Waals surface area (Å²) >= 11 is 3.31. The van der Waals surface area contributed by atoms with E-state index in [4.69, 9.17) is 0 Å². The predicted molar refractivity (Wildman–Crippen MR) is 76.7 cm³/mol. The molecular weight excluding hydrogens is 347 g/mol. The van der Waals surface area contributed by atoms with E-state index in [9.17, 15) is 13.2 Å². The van der Waals surface area contributed by atoms with Crippen LogP contribution in [0.1, 0.15) is 29.8 Å². The Morgan fingerprint density at radius 2 is 2.05 bits per heavy atom. The highest BCUT2D eigenvalue weighted by Gasteiger charge is 2.32. The van der Waals surface area contributed by atoms with Gasteiger partial charge in [-0.1, -0.05) is 22.9 Å². The number of benzene rings is 1. The average Bonchev–Trinajstić information content (AvgIpc) is 2.45. The van der Waals surface area contributed by atoms with Crippen LogP contribution in [0, 0.1) is 0 Å². The van der Waals surface area contributed by atoms with Crippen molar-refractivity contribution in [1.29, 1.82) is 0 Å². The number of alkyl halides is 3. The lowest BCUT2D eigenvalue weighted by atomic mass is 10.0. The summed E-state index contributed by atoms with van der Waals surface area (Å²) in [6, 6.07) is 3.12. The van der Waals surface area contributed by atoms with Crippen molar-refractivity contribution >= 4 is 15.9 Å². The second-order valence-corrected chi connectivity index (χ2v) is 5.21. The first kappa shape index (κ1) is 15.9. The van der Waals surface area contributed by atoms with Crippen LogP contribution in [0.4, 0.5) is 13.2 Å². The van der Waals surface area contributed by atoms with Crippen LogP contribution in [0.15, 0.2) is 41.3 Å². The van der Waals surface area contributed by atoms with Gasteiger partial charge in [-0.25, -0.2) is 0 Å². The summed E-state index contributed by atoms with van der Waals surface area (Å²) in [4.78, 5) is 8.15. The Balaban J connectivity index is 2.50. The van der Waals surface area contributed by atoms with Gasteiger partial charge in [0.15, 0.2) is 0 Å². The van der Waals surface area contributed by atoms with E-state index in [1.54, 1.807) is 6.20 Å². The van der Waals surface area contributed by atoms with Crippen LogP contribution in [0.3, 0.4) is 0 Å². The first-order chi connectivity index (χ1) is 9.93. The van der Waals surface area contributed by atoms with E-state index in [-0.39, 0.29) is 0 Å². The van der Waals surface area contributed by atoms with Crippen LogP contribution in [0.2, 0.25) is 0 Å². The molecule has 0 amide bonds. The summed E-state index contributed by atoms with van der Waals surface area (Å²) in [5.41, 5.74) is 0.360. The molecule has 3 nitrogen and oxygen atoms in total. The number of hydrogen-bond donors (Lipinski definition) is 1. The van der Waals surface area contributed by atoms with Gasteiger partial charge in [0.25, 0.3) is 0 Å². The third kappa shape index (κ3) is 3.79. The lowest BCUT2D eigenvalue weighted by Gasteiger charge is -2.20. The van der Waals surface area contributed by atoms with Crippen LogP contribution in [0.25, 0.3) is 0 Å². The molecule has 1 aromatic heterocycles. The van der Waals surface area contributed by atoms with Gasteiger partial charge in [-0.2, -0.15) is 13.2 Å². The molecule has 1 heterocycles. The summed E-state index contributed by atoms with van der Waals surface area (Å²) in [7, 11) is 0. The number of nitrogens with one attached hydrogen (secondary N) is 1. The molecule has 1 aromatic carbocycles. The normalized spacial score (nSPS) is 13.2. The Morgan fingerprint density at radius 1 is 1.29 bits per heavy atom. The van der Waals surface area contributed by atoms with E-state index < -0.39 is 17.8 Å². The van der Waals surface area contributed by atoms with E-state index in [2.05, 4.69) is 31.2 Å². The van der Waals surface area contributed by atoms with Gasteiger partial charge in [0.05, 0.1) is 23.5 Å². The molecule has 0 bridgehead atoms. The van der Waals surface area contributed by atoms with Crippen molar-refractivity contribution < 1.29 is 13.2 Å². The molecule has 21 heavy (non-hydrogen) atoms. The van der Waals surface area contributed by atoms with Gasteiger partial charge in [-0.3, -0.25) is 9.97 Å². The van der Waals surface area contributed by atoms with Crippen molar-refractivity contribution in [2.24, 2.45) is 0 Å². The number of aromatic nitrogens is 2. The second kappa shape index (κ2) is 6.53. The summed E-state index contributed by atoms with van der Waals surface area (Å²) in [6.07, 6.45) is 0.198. The molecular formula is C14H13BrF3N3. The van der Waals surface area contributed by atoms with Gasteiger partial charge in [0.2, 0.25) is 0 Å². The maximum atomic E-state index is 12.9. The van der Waals surface area contributed by atoms with Crippen molar-refractivity contribution in [2.75, 3.05) is 6.54 Å². The fourth-order valence-corrected chi connectivity index (χ4v) is 2.45. The van der Waals surface area contributed by atoms with Gasteiger partial charge in [-0.05, 0) is 30.3 Å². The van der Waals surface area contributed by atoms with Crippen molar-refractivity contribution in [3.05, 3.63) is 58.1 Å². The highest BCUT2D eigenvalue weighted by molar-refractivity contribution is 9.10. The van der Waals surface area contributed by atoms with Gasteiger partial charge in [0.1, 0.15) is 0 Å². The van der Waals surface area contributed by atoms with E-state index in [0.29, 0.717) is 22.3 Å². The molecule has 112 valence electrons. The van der Waals surface area contributed by atoms with Gasteiger partial charge >= 0.3 is 6.18 Å². The standard InChI is InChI=1S/C14H13BrF3N3/c1-2-20-13(12-8-19-5-6-21-12)10-7-9(14(16,17)18)3-4-11(10)15/h3-8,13,20H,2H2,1H3. The minimum absolute atomic E-state index is 0.458. The number of hydrogen-bond acceptors (Lipinski definition) is 3. The molecule has 7 heteroatoms. The fourth-order valence-electron chi connectivity index (χ4n) is 1.98. The Labute approximate surface area is 128 Å². The number of halogens is 4. The first-order valence-corrected chi connectivity index (χ1v) is 7.08. The summed E-state index contributed by atoms with van der Waals surface area (Å²) in [5, 5.41) is 3.13.